The van der Waals surface area contributed by atoms with Gasteiger partial charge >= 0.3 is 0 Å². The first kappa shape index (κ1) is 16.0. The number of rotatable bonds is 5. The highest BCUT2D eigenvalue weighted by Gasteiger charge is 2.55. The van der Waals surface area contributed by atoms with Gasteiger partial charge in [-0.2, -0.15) is 0 Å². The number of hydrogen-bond donors (Lipinski definition) is 1. The number of nitrogens with one attached hydrogen (secondary N) is 1. The van der Waals surface area contributed by atoms with E-state index in [0.717, 1.165) is 32.4 Å². The molecule has 5 heteroatoms. The Morgan fingerprint density at radius 2 is 1.96 bits per heavy atom. The highest BCUT2D eigenvalue weighted by molar-refractivity contribution is 5.94. The Labute approximate surface area is 137 Å². The number of piperidine rings is 1. The molecular formula is C18H24N2O3. The maximum absolute atomic E-state index is 12.2. The summed E-state index contributed by atoms with van der Waals surface area (Å²) in [7, 11) is 0. The second-order valence-corrected chi connectivity index (χ2v) is 6.48. The summed E-state index contributed by atoms with van der Waals surface area (Å²) in [6.45, 7) is 4.17. The topological polar surface area (TPSA) is 58.6 Å². The molecular weight excluding hydrogens is 292 g/mol. The molecule has 1 aliphatic heterocycles. The third-order valence-corrected chi connectivity index (χ3v) is 5.07. The summed E-state index contributed by atoms with van der Waals surface area (Å²) in [5.74, 6) is 0.0783. The van der Waals surface area contributed by atoms with Crippen molar-refractivity contribution in [3.8, 4) is 0 Å². The molecule has 2 aliphatic rings. The van der Waals surface area contributed by atoms with Gasteiger partial charge in [-0.3, -0.25) is 9.59 Å². The smallest absolute Gasteiger partial charge is 0.251 e. The lowest BCUT2D eigenvalue weighted by Crippen LogP contribution is -2.43. The van der Waals surface area contributed by atoms with E-state index in [2.05, 4.69) is 5.32 Å². The van der Waals surface area contributed by atoms with Crippen molar-refractivity contribution < 1.29 is 14.3 Å². The highest BCUT2D eigenvalue weighted by atomic mass is 16.5. The van der Waals surface area contributed by atoms with Crippen LogP contribution in [-0.2, 0) is 9.53 Å². The summed E-state index contributed by atoms with van der Waals surface area (Å²) in [6, 6.07) is 9.57. The Morgan fingerprint density at radius 3 is 2.61 bits per heavy atom. The van der Waals surface area contributed by atoms with Crippen molar-refractivity contribution in [3.05, 3.63) is 35.9 Å². The van der Waals surface area contributed by atoms with Crippen LogP contribution in [0.5, 0.6) is 0 Å². The molecule has 3 rings (SSSR count). The van der Waals surface area contributed by atoms with Gasteiger partial charge in [0.05, 0.1) is 0 Å². The minimum absolute atomic E-state index is 0.00215. The Hall–Kier alpha value is -1.88. The van der Waals surface area contributed by atoms with Crippen molar-refractivity contribution in [1.29, 1.82) is 0 Å². The van der Waals surface area contributed by atoms with Gasteiger partial charge < -0.3 is 15.0 Å². The van der Waals surface area contributed by atoms with E-state index in [9.17, 15) is 9.59 Å². The summed E-state index contributed by atoms with van der Waals surface area (Å²) in [5.41, 5.74) is 0.909. The van der Waals surface area contributed by atoms with Crippen LogP contribution in [0.15, 0.2) is 30.3 Å². The van der Waals surface area contributed by atoms with E-state index in [1.807, 2.05) is 42.2 Å². The lowest BCUT2D eigenvalue weighted by Gasteiger charge is -2.33. The van der Waals surface area contributed by atoms with Crippen LogP contribution in [0.25, 0.3) is 0 Å². The molecule has 124 valence electrons. The molecule has 1 aromatic rings. The number of amides is 2. The fourth-order valence-corrected chi connectivity index (χ4v) is 3.42. The molecule has 0 aromatic heterocycles. The molecule has 2 amide bonds. The second kappa shape index (κ2) is 6.71. The summed E-state index contributed by atoms with van der Waals surface area (Å²) < 4.78 is 5.19. The van der Waals surface area contributed by atoms with Gasteiger partial charge in [0.15, 0.2) is 0 Å². The van der Waals surface area contributed by atoms with Crippen LogP contribution >= 0.6 is 0 Å². The van der Waals surface area contributed by atoms with Gasteiger partial charge in [-0.25, -0.2) is 0 Å². The fourth-order valence-electron chi connectivity index (χ4n) is 3.42. The number of benzene rings is 1. The van der Waals surface area contributed by atoms with Gasteiger partial charge in [-0.05, 0) is 43.7 Å². The summed E-state index contributed by atoms with van der Waals surface area (Å²) in [6.07, 6.45) is 2.95. The summed E-state index contributed by atoms with van der Waals surface area (Å²) in [5, 5.41) is 3.14. The molecule has 1 saturated carbocycles. The molecule has 1 aliphatic carbocycles. The number of carbonyl (C=O) groups is 2. The third-order valence-electron chi connectivity index (χ3n) is 5.07. The maximum Gasteiger partial charge on any atom is 0.251 e. The Balaban J connectivity index is 1.47. The Morgan fingerprint density at radius 1 is 1.26 bits per heavy atom. The number of carbonyl (C=O) groups excluding carboxylic acids is 2. The maximum atomic E-state index is 12.2. The van der Waals surface area contributed by atoms with Gasteiger partial charge in [0.1, 0.15) is 6.61 Å². The molecule has 0 radical (unpaired) electrons. The predicted octanol–water partition coefficient (Wildman–Crippen LogP) is 1.83. The van der Waals surface area contributed by atoms with Crippen LogP contribution in [0.3, 0.4) is 0 Å². The van der Waals surface area contributed by atoms with Gasteiger partial charge in [0.2, 0.25) is 5.91 Å². The highest BCUT2D eigenvalue weighted by Crippen LogP contribution is 2.53. The van der Waals surface area contributed by atoms with Crippen molar-refractivity contribution in [2.24, 2.45) is 5.41 Å². The van der Waals surface area contributed by atoms with E-state index in [0.29, 0.717) is 12.2 Å². The van der Waals surface area contributed by atoms with Crippen molar-refractivity contribution >= 4 is 11.8 Å². The average molecular weight is 316 g/mol. The summed E-state index contributed by atoms with van der Waals surface area (Å²) >= 11 is 0. The van der Waals surface area contributed by atoms with E-state index < -0.39 is 0 Å². The molecule has 1 heterocycles. The monoisotopic (exact) mass is 316 g/mol. The zero-order chi connectivity index (χ0) is 16.3. The average Bonchev–Trinajstić information content (AvgIpc) is 3.25. The molecule has 1 N–H and O–H groups in total. The van der Waals surface area contributed by atoms with Gasteiger partial charge in [-0.15, -0.1) is 0 Å². The Bertz CT molecular complexity index is 565. The Kier molecular flexibility index (Phi) is 4.66. The van der Waals surface area contributed by atoms with E-state index in [1.165, 1.54) is 0 Å². The van der Waals surface area contributed by atoms with Gasteiger partial charge in [-0.1, -0.05) is 18.2 Å². The molecule has 23 heavy (non-hydrogen) atoms. The lowest BCUT2D eigenvalue weighted by atomic mass is 9.92. The zero-order valence-corrected chi connectivity index (χ0v) is 13.6. The molecule has 1 saturated heterocycles. The van der Waals surface area contributed by atoms with E-state index in [1.54, 1.807) is 0 Å². The zero-order valence-electron chi connectivity index (χ0n) is 13.6. The first-order valence-electron chi connectivity index (χ1n) is 8.36. The quantitative estimate of drug-likeness (QED) is 0.901. The third kappa shape index (κ3) is 3.55. The van der Waals surface area contributed by atoms with Crippen molar-refractivity contribution in [2.75, 3.05) is 26.3 Å². The van der Waals surface area contributed by atoms with Gasteiger partial charge in [0.25, 0.3) is 5.91 Å². The first-order valence-corrected chi connectivity index (χ1v) is 8.36. The number of likely N-dealkylation sites (tertiary alicyclic amines) is 1. The second-order valence-electron chi connectivity index (χ2n) is 6.48. The van der Waals surface area contributed by atoms with Crippen molar-refractivity contribution in [1.82, 2.24) is 10.2 Å². The van der Waals surface area contributed by atoms with Crippen molar-refractivity contribution in [2.45, 2.75) is 32.2 Å². The van der Waals surface area contributed by atoms with Crippen LogP contribution < -0.4 is 5.32 Å². The molecule has 1 spiro atoms. The lowest BCUT2D eigenvalue weighted by molar-refractivity contribution is -0.137. The SMILES string of the molecule is CCOCC(=O)N1CCC2(CC1)CC2NC(=O)c1ccccc1. The number of hydrogen-bond acceptors (Lipinski definition) is 3. The number of ether oxygens (including phenoxy) is 1. The van der Waals surface area contributed by atoms with Crippen LogP contribution in [0.2, 0.25) is 0 Å². The molecule has 1 aromatic carbocycles. The first-order chi connectivity index (χ1) is 11.1. The van der Waals surface area contributed by atoms with E-state index in [-0.39, 0.29) is 29.9 Å². The molecule has 2 fully saturated rings. The van der Waals surface area contributed by atoms with E-state index >= 15 is 0 Å². The van der Waals surface area contributed by atoms with Crippen LogP contribution in [0, 0.1) is 5.41 Å². The molecule has 5 nitrogen and oxygen atoms in total. The molecule has 1 atom stereocenters. The van der Waals surface area contributed by atoms with Crippen LogP contribution in [0.4, 0.5) is 0 Å². The minimum atomic E-state index is 0.00215. The van der Waals surface area contributed by atoms with Crippen LogP contribution in [0.1, 0.15) is 36.5 Å². The largest absolute Gasteiger partial charge is 0.372 e. The molecule has 0 bridgehead atoms. The normalized spacial score (nSPS) is 22.0. The van der Waals surface area contributed by atoms with Crippen LogP contribution in [-0.4, -0.2) is 49.1 Å². The standard InChI is InChI=1S/C18H24N2O3/c1-2-23-13-16(21)20-10-8-18(9-11-20)12-15(18)19-17(22)14-6-4-3-5-7-14/h3-7,15H,2,8-13H2,1H3,(H,19,22). The van der Waals surface area contributed by atoms with Crippen molar-refractivity contribution in [3.63, 3.8) is 0 Å². The predicted molar refractivity (Wildman–Crippen MR) is 87.1 cm³/mol. The number of nitrogens with zero attached hydrogens (tertiary/aromatic N) is 1. The van der Waals surface area contributed by atoms with Gasteiger partial charge in [0, 0.05) is 31.3 Å². The van der Waals surface area contributed by atoms with E-state index in [4.69, 9.17) is 4.74 Å². The molecule has 1 unspecified atom stereocenters. The summed E-state index contributed by atoms with van der Waals surface area (Å²) in [4.78, 5) is 26.1. The minimum Gasteiger partial charge on any atom is -0.372 e. The fraction of sp³-hybridized carbons (Fsp3) is 0.556.